The van der Waals surface area contributed by atoms with Crippen LogP contribution in [0.4, 0.5) is 17.1 Å². The summed E-state index contributed by atoms with van der Waals surface area (Å²) in [5, 5.41) is 3.09. The summed E-state index contributed by atoms with van der Waals surface area (Å²) in [6, 6.07) is 4.78. The second kappa shape index (κ2) is 5.43. The van der Waals surface area contributed by atoms with Gasteiger partial charge in [-0.2, -0.15) is 0 Å². The lowest BCUT2D eigenvalue weighted by Gasteiger charge is -2.21. The Kier molecular flexibility index (Phi) is 4.20. The van der Waals surface area contributed by atoms with Crippen LogP contribution in [-0.2, 0) is 9.53 Å². The Bertz CT molecular complexity index is 405. The highest BCUT2D eigenvalue weighted by atomic mass is 16.5. The fraction of sp³-hybridized carbons (Fsp3) is 0.417. The minimum absolute atomic E-state index is 0.112. The summed E-state index contributed by atoms with van der Waals surface area (Å²) < 4.78 is 4.74. The van der Waals surface area contributed by atoms with E-state index >= 15 is 0 Å². The van der Waals surface area contributed by atoms with Crippen molar-refractivity contribution in [2.75, 3.05) is 23.9 Å². The van der Waals surface area contributed by atoms with Gasteiger partial charge in [-0.1, -0.05) is 13.8 Å². The number of benzene rings is 1. The number of hydrogen-bond acceptors (Lipinski definition) is 5. The van der Waals surface area contributed by atoms with E-state index in [1.54, 1.807) is 18.2 Å². The molecule has 0 bridgehead atoms. The lowest BCUT2D eigenvalue weighted by molar-refractivity contribution is -0.142. The van der Waals surface area contributed by atoms with E-state index in [0.717, 1.165) is 5.69 Å². The van der Waals surface area contributed by atoms with Gasteiger partial charge in [0.05, 0.1) is 18.5 Å². The molecule has 0 aliphatic heterocycles. The molecule has 1 atom stereocenters. The van der Waals surface area contributed by atoms with Gasteiger partial charge in [-0.15, -0.1) is 0 Å². The second-order valence-electron chi connectivity index (χ2n) is 4.23. The molecule has 17 heavy (non-hydrogen) atoms. The number of nitrogen functional groups attached to an aromatic ring is 2. The summed E-state index contributed by atoms with van der Waals surface area (Å²) in [4.78, 5) is 11.6. The summed E-state index contributed by atoms with van der Waals surface area (Å²) in [6.07, 6.45) is 0. The third-order valence-corrected chi connectivity index (χ3v) is 2.53. The van der Waals surface area contributed by atoms with Crippen LogP contribution in [0, 0.1) is 5.92 Å². The van der Waals surface area contributed by atoms with E-state index in [1.807, 2.05) is 13.8 Å². The highest BCUT2D eigenvalue weighted by molar-refractivity contribution is 5.80. The second-order valence-corrected chi connectivity index (χ2v) is 4.23. The summed E-state index contributed by atoms with van der Waals surface area (Å²) in [5.41, 5.74) is 13.1. The molecule has 1 aromatic carbocycles. The van der Waals surface area contributed by atoms with Crippen LogP contribution in [0.3, 0.4) is 0 Å². The molecule has 0 radical (unpaired) electrons. The van der Waals surface area contributed by atoms with Crippen molar-refractivity contribution in [1.82, 2.24) is 0 Å². The van der Waals surface area contributed by atoms with Crippen LogP contribution in [0.1, 0.15) is 13.8 Å². The molecule has 0 heterocycles. The summed E-state index contributed by atoms with van der Waals surface area (Å²) in [7, 11) is 1.37. The van der Waals surface area contributed by atoms with Crippen LogP contribution in [0.5, 0.6) is 0 Å². The van der Waals surface area contributed by atoms with Gasteiger partial charge in [0.2, 0.25) is 0 Å². The number of carbonyl (C=O) groups excluding carboxylic acids is 1. The molecular formula is C12H19N3O2. The summed E-state index contributed by atoms with van der Waals surface area (Å²) in [6.45, 7) is 3.88. The quantitative estimate of drug-likeness (QED) is 0.545. The molecule has 0 saturated heterocycles. The van der Waals surface area contributed by atoms with Gasteiger partial charge in [-0.3, -0.25) is 0 Å². The number of rotatable bonds is 4. The van der Waals surface area contributed by atoms with Gasteiger partial charge in [0.15, 0.2) is 0 Å². The van der Waals surface area contributed by atoms with Crippen molar-refractivity contribution in [3.05, 3.63) is 18.2 Å². The largest absolute Gasteiger partial charge is 0.467 e. The standard InChI is InChI=1S/C12H19N3O2/c1-7(2)11(12(16)17-3)15-8-4-5-9(13)10(14)6-8/h4-7,11,15H,13-14H2,1-3H3. The third kappa shape index (κ3) is 3.27. The van der Waals surface area contributed by atoms with E-state index in [-0.39, 0.29) is 11.9 Å². The Morgan fingerprint density at radius 3 is 2.41 bits per heavy atom. The van der Waals surface area contributed by atoms with Crippen LogP contribution in [0.15, 0.2) is 18.2 Å². The fourth-order valence-electron chi connectivity index (χ4n) is 1.47. The van der Waals surface area contributed by atoms with Crippen molar-refractivity contribution < 1.29 is 9.53 Å². The number of esters is 1. The monoisotopic (exact) mass is 237 g/mol. The van der Waals surface area contributed by atoms with Crippen molar-refractivity contribution in [1.29, 1.82) is 0 Å². The molecule has 1 aromatic rings. The Balaban J connectivity index is 2.86. The van der Waals surface area contributed by atoms with Gasteiger partial charge >= 0.3 is 5.97 Å². The predicted octanol–water partition coefficient (Wildman–Crippen LogP) is 1.46. The molecule has 5 N–H and O–H groups in total. The van der Waals surface area contributed by atoms with Gasteiger partial charge in [0, 0.05) is 5.69 Å². The molecule has 0 aromatic heterocycles. The highest BCUT2D eigenvalue weighted by Crippen LogP contribution is 2.21. The first-order chi connectivity index (χ1) is 7.95. The normalized spacial score (nSPS) is 12.2. The highest BCUT2D eigenvalue weighted by Gasteiger charge is 2.22. The molecule has 0 spiro atoms. The van der Waals surface area contributed by atoms with Crippen molar-refractivity contribution in [3.8, 4) is 0 Å². The first-order valence-corrected chi connectivity index (χ1v) is 5.45. The number of ether oxygens (including phenoxy) is 1. The number of carbonyl (C=O) groups is 1. The van der Waals surface area contributed by atoms with E-state index in [2.05, 4.69) is 5.32 Å². The number of hydrogen-bond donors (Lipinski definition) is 3. The Morgan fingerprint density at radius 2 is 1.94 bits per heavy atom. The molecule has 0 saturated carbocycles. The zero-order chi connectivity index (χ0) is 13.0. The van der Waals surface area contributed by atoms with E-state index in [9.17, 15) is 4.79 Å². The summed E-state index contributed by atoms with van der Waals surface area (Å²) in [5.74, 6) is -0.184. The smallest absolute Gasteiger partial charge is 0.328 e. The molecule has 0 fully saturated rings. The van der Waals surface area contributed by atoms with Crippen LogP contribution >= 0.6 is 0 Å². The third-order valence-electron chi connectivity index (χ3n) is 2.53. The molecule has 5 heteroatoms. The molecule has 0 aliphatic rings. The van der Waals surface area contributed by atoms with Gasteiger partial charge in [0.1, 0.15) is 6.04 Å². The fourth-order valence-corrected chi connectivity index (χ4v) is 1.47. The molecule has 94 valence electrons. The van der Waals surface area contributed by atoms with E-state index in [0.29, 0.717) is 11.4 Å². The Hall–Kier alpha value is -1.91. The lowest BCUT2D eigenvalue weighted by atomic mass is 10.0. The maximum atomic E-state index is 11.6. The van der Waals surface area contributed by atoms with Gasteiger partial charge in [-0.25, -0.2) is 4.79 Å². The minimum atomic E-state index is -0.400. The zero-order valence-electron chi connectivity index (χ0n) is 10.4. The molecule has 0 amide bonds. The average molecular weight is 237 g/mol. The Morgan fingerprint density at radius 1 is 1.29 bits per heavy atom. The molecule has 1 rings (SSSR count). The molecule has 5 nitrogen and oxygen atoms in total. The van der Waals surface area contributed by atoms with Gasteiger partial charge in [-0.05, 0) is 24.1 Å². The predicted molar refractivity (Wildman–Crippen MR) is 69.5 cm³/mol. The Labute approximate surface area is 101 Å². The van der Waals surface area contributed by atoms with Crippen molar-refractivity contribution in [2.45, 2.75) is 19.9 Å². The van der Waals surface area contributed by atoms with Crippen LogP contribution in [-0.4, -0.2) is 19.1 Å². The number of nitrogens with two attached hydrogens (primary N) is 2. The molecule has 0 aliphatic carbocycles. The van der Waals surface area contributed by atoms with Gasteiger partial charge < -0.3 is 21.5 Å². The van der Waals surface area contributed by atoms with Crippen molar-refractivity contribution in [3.63, 3.8) is 0 Å². The molecule has 1 unspecified atom stereocenters. The first-order valence-electron chi connectivity index (χ1n) is 5.45. The number of anilines is 3. The van der Waals surface area contributed by atoms with Gasteiger partial charge in [0.25, 0.3) is 0 Å². The zero-order valence-corrected chi connectivity index (χ0v) is 10.4. The first kappa shape index (κ1) is 13.2. The molecular weight excluding hydrogens is 218 g/mol. The topological polar surface area (TPSA) is 90.4 Å². The van der Waals surface area contributed by atoms with Crippen LogP contribution in [0.25, 0.3) is 0 Å². The van der Waals surface area contributed by atoms with E-state index in [1.165, 1.54) is 7.11 Å². The van der Waals surface area contributed by atoms with E-state index < -0.39 is 6.04 Å². The number of methoxy groups -OCH3 is 1. The number of nitrogens with one attached hydrogen (secondary N) is 1. The van der Waals surface area contributed by atoms with Crippen LogP contribution in [0.2, 0.25) is 0 Å². The average Bonchev–Trinajstić information content (AvgIpc) is 2.29. The minimum Gasteiger partial charge on any atom is -0.467 e. The maximum absolute atomic E-state index is 11.6. The van der Waals surface area contributed by atoms with Crippen molar-refractivity contribution in [2.24, 2.45) is 5.92 Å². The SMILES string of the molecule is COC(=O)C(Nc1ccc(N)c(N)c1)C(C)C. The lowest BCUT2D eigenvalue weighted by Crippen LogP contribution is -2.35. The summed E-state index contributed by atoms with van der Waals surface area (Å²) >= 11 is 0. The maximum Gasteiger partial charge on any atom is 0.328 e. The van der Waals surface area contributed by atoms with Crippen molar-refractivity contribution >= 4 is 23.0 Å². The van der Waals surface area contributed by atoms with Crippen LogP contribution < -0.4 is 16.8 Å². The van der Waals surface area contributed by atoms with E-state index in [4.69, 9.17) is 16.2 Å².